The van der Waals surface area contributed by atoms with E-state index in [1.165, 1.54) is 0 Å². The van der Waals surface area contributed by atoms with E-state index in [0.29, 0.717) is 11.6 Å². The van der Waals surface area contributed by atoms with Gasteiger partial charge in [0.15, 0.2) is 0 Å². The molecular formula is C11H13BrFN. The van der Waals surface area contributed by atoms with Gasteiger partial charge in [-0.15, -0.1) is 0 Å². The second-order valence-corrected chi connectivity index (χ2v) is 4.72. The van der Waals surface area contributed by atoms with Crippen molar-refractivity contribution < 1.29 is 4.39 Å². The van der Waals surface area contributed by atoms with Crippen LogP contribution >= 0.6 is 15.9 Å². The van der Waals surface area contributed by atoms with Gasteiger partial charge in [0.1, 0.15) is 5.82 Å². The lowest BCUT2D eigenvalue weighted by Gasteiger charge is -2.26. The number of rotatable bonds is 0. The standard InChI is InChI=1S/C11H13BrFN/c1-6-3-4-14-11-9(13)5-8(12)7(2)10(6)11/h5-6,14H,3-4H2,1-2H3. The zero-order valence-corrected chi connectivity index (χ0v) is 9.91. The Balaban J connectivity index is 2.67. The molecule has 1 aliphatic rings. The van der Waals surface area contributed by atoms with Gasteiger partial charge in [-0.1, -0.05) is 22.9 Å². The Morgan fingerprint density at radius 3 is 3.00 bits per heavy atom. The van der Waals surface area contributed by atoms with E-state index in [9.17, 15) is 4.39 Å². The molecule has 0 bridgehead atoms. The molecule has 1 aromatic rings. The Hall–Kier alpha value is -0.570. The normalized spacial score (nSPS) is 20.1. The highest BCUT2D eigenvalue weighted by Gasteiger charge is 2.22. The molecule has 3 heteroatoms. The predicted octanol–water partition coefficient (Wildman–Crippen LogP) is 3.82. The van der Waals surface area contributed by atoms with E-state index < -0.39 is 0 Å². The molecule has 0 aliphatic carbocycles. The molecule has 14 heavy (non-hydrogen) atoms. The van der Waals surface area contributed by atoms with Crippen LogP contribution in [0.1, 0.15) is 30.4 Å². The molecule has 2 rings (SSSR count). The highest BCUT2D eigenvalue weighted by molar-refractivity contribution is 9.10. The fourth-order valence-electron chi connectivity index (χ4n) is 2.09. The molecule has 1 heterocycles. The zero-order valence-electron chi connectivity index (χ0n) is 8.32. The molecular weight excluding hydrogens is 245 g/mol. The summed E-state index contributed by atoms with van der Waals surface area (Å²) in [6, 6.07) is 1.54. The summed E-state index contributed by atoms with van der Waals surface area (Å²) >= 11 is 3.38. The Bertz CT molecular complexity index is 376. The maximum atomic E-state index is 13.6. The van der Waals surface area contributed by atoms with Crippen molar-refractivity contribution in [3.8, 4) is 0 Å². The molecule has 1 N–H and O–H groups in total. The predicted molar refractivity (Wildman–Crippen MR) is 60.4 cm³/mol. The van der Waals surface area contributed by atoms with E-state index in [1.54, 1.807) is 6.07 Å². The van der Waals surface area contributed by atoms with Crippen LogP contribution in [0, 0.1) is 12.7 Å². The second kappa shape index (κ2) is 3.54. The summed E-state index contributed by atoms with van der Waals surface area (Å²) in [6.07, 6.45) is 1.07. The van der Waals surface area contributed by atoms with Crippen LogP contribution in [0.5, 0.6) is 0 Å². The molecule has 0 saturated heterocycles. The fourth-order valence-corrected chi connectivity index (χ4v) is 2.50. The molecule has 76 valence electrons. The van der Waals surface area contributed by atoms with Crippen LogP contribution in [0.2, 0.25) is 0 Å². The summed E-state index contributed by atoms with van der Waals surface area (Å²) in [5.41, 5.74) is 2.98. The number of anilines is 1. The third-order valence-corrected chi connectivity index (χ3v) is 3.72. The third-order valence-electron chi connectivity index (χ3n) is 2.90. The largest absolute Gasteiger partial charge is 0.382 e. The number of fused-ring (bicyclic) bond motifs is 1. The molecule has 0 fully saturated rings. The van der Waals surface area contributed by atoms with Gasteiger partial charge in [-0.25, -0.2) is 4.39 Å². The van der Waals surface area contributed by atoms with Crippen molar-refractivity contribution in [2.75, 3.05) is 11.9 Å². The van der Waals surface area contributed by atoms with Gasteiger partial charge in [0.05, 0.1) is 5.69 Å². The van der Waals surface area contributed by atoms with Crippen molar-refractivity contribution in [2.45, 2.75) is 26.2 Å². The minimum Gasteiger partial charge on any atom is -0.382 e. The van der Waals surface area contributed by atoms with E-state index in [1.807, 2.05) is 6.92 Å². The smallest absolute Gasteiger partial charge is 0.147 e. The topological polar surface area (TPSA) is 12.0 Å². The van der Waals surface area contributed by atoms with Gasteiger partial charge in [0.25, 0.3) is 0 Å². The van der Waals surface area contributed by atoms with Gasteiger partial charge in [-0.05, 0) is 36.5 Å². The maximum Gasteiger partial charge on any atom is 0.147 e. The highest BCUT2D eigenvalue weighted by Crippen LogP contribution is 2.38. The van der Waals surface area contributed by atoms with Crippen LogP contribution in [-0.4, -0.2) is 6.54 Å². The van der Waals surface area contributed by atoms with Crippen LogP contribution in [0.3, 0.4) is 0 Å². The highest BCUT2D eigenvalue weighted by atomic mass is 79.9. The van der Waals surface area contributed by atoms with Gasteiger partial charge in [0.2, 0.25) is 0 Å². The van der Waals surface area contributed by atoms with Gasteiger partial charge >= 0.3 is 0 Å². The molecule has 0 spiro atoms. The summed E-state index contributed by atoms with van der Waals surface area (Å²) in [7, 11) is 0. The average molecular weight is 258 g/mol. The molecule has 0 amide bonds. The maximum absolute atomic E-state index is 13.6. The molecule has 1 unspecified atom stereocenters. The number of nitrogens with one attached hydrogen (secondary N) is 1. The van der Waals surface area contributed by atoms with Crippen LogP contribution in [-0.2, 0) is 0 Å². The van der Waals surface area contributed by atoms with Crippen LogP contribution in [0.4, 0.5) is 10.1 Å². The number of benzene rings is 1. The Kier molecular flexibility index (Phi) is 2.52. The monoisotopic (exact) mass is 257 g/mol. The van der Waals surface area contributed by atoms with Gasteiger partial charge < -0.3 is 5.32 Å². The number of halogens is 2. The van der Waals surface area contributed by atoms with Crippen molar-refractivity contribution in [1.82, 2.24) is 0 Å². The van der Waals surface area contributed by atoms with Gasteiger partial charge in [-0.2, -0.15) is 0 Å². The van der Waals surface area contributed by atoms with Crippen molar-refractivity contribution in [2.24, 2.45) is 0 Å². The van der Waals surface area contributed by atoms with E-state index in [0.717, 1.165) is 28.6 Å². The van der Waals surface area contributed by atoms with Crippen molar-refractivity contribution in [1.29, 1.82) is 0 Å². The Morgan fingerprint density at radius 1 is 1.57 bits per heavy atom. The molecule has 0 aromatic heterocycles. The van der Waals surface area contributed by atoms with Gasteiger partial charge in [0, 0.05) is 11.0 Å². The van der Waals surface area contributed by atoms with E-state index in [-0.39, 0.29) is 5.82 Å². The van der Waals surface area contributed by atoms with Crippen LogP contribution in [0.15, 0.2) is 10.5 Å². The lowest BCUT2D eigenvalue weighted by Crippen LogP contribution is -2.17. The van der Waals surface area contributed by atoms with Crippen LogP contribution in [0.25, 0.3) is 0 Å². The SMILES string of the molecule is Cc1c(Br)cc(F)c2c1C(C)CCN2. The lowest BCUT2D eigenvalue weighted by atomic mass is 9.89. The first kappa shape index (κ1) is 9.97. The summed E-state index contributed by atoms with van der Waals surface area (Å²) < 4.78 is 14.5. The summed E-state index contributed by atoms with van der Waals surface area (Å²) in [6.45, 7) is 5.05. The molecule has 1 aromatic carbocycles. The molecule has 0 saturated carbocycles. The quantitative estimate of drug-likeness (QED) is 0.746. The zero-order chi connectivity index (χ0) is 10.3. The first-order valence-electron chi connectivity index (χ1n) is 4.83. The van der Waals surface area contributed by atoms with Crippen LogP contribution < -0.4 is 5.32 Å². The van der Waals surface area contributed by atoms with Crippen molar-refractivity contribution >= 4 is 21.6 Å². The van der Waals surface area contributed by atoms with E-state index in [2.05, 4.69) is 28.2 Å². The average Bonchev–Trinajstić information content (AvgIpc) is 2.14. The Morgan fingerprint density at radius 2 is 2.29 bits per heavy atom. The summed E-state index contributed by atoms with van der Waals surface area (Å²) in [4.78, 5) is 0. The third kappa shape index (κ3) is 1.44. The van der Waals surface area contributed by atoms with Crippen molar-refractivity contribution in [3.05, 3.63) is 27.5 Å². The van der Waals surface area contributed by atoms with Crippen molar-refractivity contribution in [3.63, 3.8) is 0 Å². The number of hydrogen-bond donors (Lipinski definition) is 1. The summed E-state index contributed by atoms with van der Waals surface area (Å²) in [5.74, 6) is 0.294. The summed E-state index contributed by atoms with van der Waals surface area (Å²) in [5, 5.41) is 3.13. The molecule has 1 atom stereocenters. The second-order valence-electron chi connectivity index (χ2n) is 3.87. The molecule has 1 nitrogen and oxygen atoms in total. The fraction of sp³-hybridized carbons (Fsp3) is 0.455. The first-order chi connectivity index (χ1) is 6.61. The lowest BCUT2D eigenvalue weighted by molar-refractivity contribution is 0.605. The number of hydrogen-bond acceptors (Lipinski definition) is 1. The molecule has 1 aliphatic heterocycles. The van der Waals surface area contributed by atoms with Gasteiger partial charge in [-0.3, -0.25) is 0 Å². The van der Waals surface area contributed by atoms with E-state index >= 15 is 0 Å². The molecule has 0 radical (unpaired) electrons. The van der Waals surface area contributed by atoms with E-state index in [4.69, 9.17) is 0 Å². The first-order valence-corrected chi connectivity index (χ1v) is 5.63. The minimum absolute atomic E-state index is 0.149. The minimum atomic E-state index is -0.149. The Labute approximate surface area is 91.8 Å².